The summed E-state index contributed by atoms with van der Waals surface area (Å²) in [6.45, 7) is 3.57. The van der Waals surface area contributed by atoms with Gasteiger partial charge in [0.05, 0.1) is 5.56 Å². The van der Waals surface area contributed by atoms with Crippen molar-refractivity contribution >= 4 is 22.0 Å². The first-order valence-electron chi connectivity index (χ1n) is 6.55. The molecule has 0 saturated heterocycles. The van der Waals surface area contributed by atoms with Crippen molar-refractivity contribution < 1.29 is 27.4 Å². The highest BCUT2D eigenvalue weighted by Crippen LogP contribution is 2.38. The Morgan fingerprint density at radius 3 is 2.50 bits per heavy atom. The lowest BCUT2D eigenvalue weighted by molar-refractivity contribution is -0.139. The molecule has 0 fully saturated rings. The summed E-state index contributed by atoms with van der Waals surface area (Å²) in [5, 5.41) is 0. The minimum atomic E-state index is -4.54. The second kappa shape index (κ2) is 7.71. The summed E-state index contributed by atoms with van der Waals surface area (Å²) in [6.07, 6.45) is -5.80. The van der Waals surface area contributed by atoms with Crippen molar-refractivity contribution in [2.75, 3.05) is 6.61 Å². The van der Waals surface area contributed by atoms with Gasteiger partial charge in [-0.3, -0.25) is 0 Å². The molecule has 124 valence electrons. The first kappa shape index (κ1) is 18.6. The average Bonchev–Trinajstić information content (AvgIpc) is 2.34. The van der Waals surface area contributed by atoms with Crippen LogP contribution in [-0.4, -0.2) is 18.8 Å². The lowest BCUT2D eigenvalue weighted by atomic mass is 10.1. The first-order valence-corrected chi connectivity index (χ1v) is 7.34. The minimum Gasteiger partial charge on any atom is -0.489 e. The van der Waals surface area contributed by atoms with E-state index < -0.39 is 23.9 Å². The Bertz CT molecular complexity index is 521. The molecule has 1 aromatic carbocycles. The molecular formula is C14H17BrF3NO3. The summed E-state index contributed by atoms with van der Waals surface area (Å²) in [5.41, 5.74) is 4.06. The summed E-state index contributed by atoms with van der Waals surface area (Å²) in [4.78, 5) is 10.8. The molecule has 0 unspecified atom stereocenters. The van der Waals surface area contributed by atoms with Crippen molar-refractivity contribution in [3.05, 3.63) is 28.2 Å². The largest absolute Gasteiger partial charge is 0.489 e. The number of carbonyl (C=O) groups excluding carboxylic acids is 1. The molecule has 0 aliphatic rings. The highest BCUT2D eigenvalue weighted by atomic mass is 79.9. The molecule has 22 heavy (non-hydrogen) atoms. The number of benzene rings is 1. The monoisotopic (exact) mass is 383 g/mol. The van der Waals surface area contributed by atoms with E-state index in [2.05, 4.69) is 15.9 Å². The second-order valence-corrected chi connectivity index (χ2v) is 6.05. The van der Waals surface area contributed by atoms with Crippen molar-refractivity contribution in [2.45, 2.75) is 32.5 Å². The van der Waals surface area contributed by atoms with Crippen LogP contribution >= 0.6 is 15.9 Å². The van der Waals surface area contributed by atoms with Gasteiger partial charge in [0.15, 0.2) is 0 Å². The van der Waals surface area contributed by atoms with Crippen molar-refractivity contribution in [3.63, 3.8) is 0 Å². The summed E-state index contributed by atoms with van der Waals surface area (Å²) < 4.78 is 49.3. The Morgan fingerprint density at radius 1 is 1.36 bits per heavy atom. The van der Waals surface area contributed by atoms with Crippen LogP contribution in [0.2, 0.25) is 0 Å². The van der Waals surface area contributed by atoms with Crippen LogP contribution in [0.25, 0.3) is 0 Å². The molecule has 1 aromatic rings. The van der Waals surface area contributed by atoms with Crippen molar-refractivity contribution in [1.29, 1.82) is 0 Å². The van der Waals surface area contributed by atoms with Gasteiger partial charge in [-0.15, -0.1) is 0 Å². The molecule has 0 heterocycles. The highest BCUT2D eigenvalue weighted by molar-refractivity contribution is 9.10. The van der Waals surface area contributed by atoms with Crippen molar-refractivity contribution in [1.82, 2.24) is 0 Å². The third kappa shape index (κ3) is 6.13. The number of carbonyl (C=O) groups is 1. The van der Waals surface area contributed by atoms with Crippen molar-refractivity contribution in [3.8, 4) is 5.75 Å². The summed E-state index contributed by atoms with van der Waals surface area (Å²) in [7, 11) is 0. The van der Waals surface area contributed by atoms with Gasteiger partial charge < -0.3 is 15.2 Å². The quantitative estimate of drug-likeness (QED) is 0.793. The number of ether oxygens (including phenoxy) is 2. The van der Waals surface area contributed by atoms with E-state index in [0.29, 0.717) is 10.9 Å². The van der Waals surface area contributed by atoms with E-state index in [1.54, 1.807) is 0 Å². The van der Waals surface area contributed by atoms with E-state index in [1.807, 2.05) is 13.8 Å². The van der Waals surface area contributed by atoms with E-state index in [4.69, 9.17) is 15.2 Å². The van der Waals surface area contributed by atoms with E-state index >= 15 is 0 Å². The number of hydrogen-bond donors (Lipinski definition) is 1. The van der Waals surface area contributed by atoms with E-state index in [0.717, 1.165) is 6.07 Å². The fourth-order valence-corrected chi connectivity index (χ4v) is 2.23. The third-order valence-corrected chi connectivity index (χ3v) is 3.18. The van der Waals surface area contributed by atoms with Gasteiger partial charge in [0.25, 0.3) is 0 Å². The van der Waals surface area contributed by atoms with E-state index in [9.17, 15) is 18.0 Å². The molecule has 8 heteroatoms. The van der Waals surface area contributed by atoms with Gasteiger partial charge in [-0.2, -0.15) is 13.2 Å². The maximum atomic E-state index is 13.0. The van der Waals surface area contributed by atoms with Gasteiger partial charge in [0.1, 0.15) is 18.5 Å². The molecule has 0 bridgehead atoms. The maximum Gasteiger partial charge on any atom is 0.420 e. The zero-order chi connectivity index (χ0) is 16.9. The number of alkyl halides is 3. The normalized spacial score (nSPS) is 13.0. The smallest absolute Gasteiger partial charge is 0.420 e. The molecule has 0 radical (unpaired) electrons. The van der Waals surface area contributed by atoms with Crippen LogP contribution in [-0.2, 0) is 10.9 Å². The Morgan fingerprint density at radius 2 is 2.00 bits per heavy atom. The van der Waals surface area contributed by atoms with Crippen molar-refractivity contribution in [2.24, 2.45) is 11.7 Å². The fourth-order valence-electron chi connectivity index (χ4n) is 1.87. The summed E-state index contributed by atoms with van der Waals surface area (Å²) in [5.74, 6) is -0.155. The zero-order valence-corrected chi connectivity index (χ0v) is 13.7. The molecule has 0 aliphatic carbocycles. The number of amides is 1. The van der Waals surface area contributed by atoms with Gasteiger partial charge in [-0.05, 0) is 30.5 Å². The number of halogens is 4. The van der Waals surface area contributed by atoms with Crippen LogP contribution in [0.1, 0.15) is 25.8 Å². The van der Waals surface area contributed by atoms with Gasteiger partial charge >= 0.3 is 12.3 Å². The summed E-state index contributed by atoms with van der Waals surface area (Å²) >= 11 is 2.99. The Labute approximate surface area is 134 Å². The standard InChI is InChI=1S/C14H17BrF3NO3/c1-8(2)5-10(22-13(19)20)7-21-12-4-3-9(15)6-11(12)14(16,17)18/h3-4,6,8,10H,5,7H2,1-2H3,(H2,19,20)/t10-/m0/s1. The van der Waals surface area contributed by atoms with Gasteiger partial charge in [-0.25, -0.2) is 4.79 Å². The second-order valence-electron chi connectivity index (χ2n) is 5.14. The lowest BCUT2D eigenvalue weighted by Crippen LogP contribution is -2.29. The Balaban J connectivity index is 2.87. The number of rotatable bonds is 6. The number of nitrogens with two attached hydrogens (primary N) is 1. The van der Waals surface area contributed by atoms with E-state index in [-0.39, 0.29) is 18.3 Å². The SMILES string of the molecule is CC(C)C[C@@H](COc1ccc(Br)cc1C(F)(F)F)OC(N)=O. The minimum absolute atomic E-state index is 0.167. The van der Waals surface area contributed by atoms with Crippen LogP contribution in [0.4, 0.5) is 18.0 Å². The predicted octanol–water partition coefficient (Wildman–Crippen LogP) is 4.36. The zero-order valence-electron chi connectivity index (χ0n) is 12.1. The molecule has 0 aliphatic heterocycles. The Hall–Kier alpha value is -1.44. The van der Waals surface area contributed by atoms with Crippen LogP contribution < -0.4 is 10.5 Å². The molecule has 0 saturated carbocycles. The van der Waals surface area contributed by atoms with Gasteiger partial charge in [0.2, 0.25) is 0 Å². The molecule has 0 spiro atoms. The molecule has 1 rings (SSSR count). The number of primary amides is 1. The average molecular weight is 384 g/mol. The molecule has 1 atom stereocenters. The molecule has 2 N–H and O–H groups in total. The van der Waals surface area contributed by atoms with Crippen LogP contribution in [0.15, 0.2) is 22.7 Å². The molecule has 4 nitrogen and oxygen atoms in total. The van der Waals surface area contributed by atoms with Crippen LogP contribution in [0, 0.1) is 5.92 Å². The predicted molar refractivity (Wildman–Crippen MR) is 78.6 cm³/mol. The Kier molecular flexibility index (Phi) is 6.52. The van der Waals surface area contributed by atoms with Gasteiger partial charge in [0, 0.05) is 4.47 Å². The van der Waals surface area contributed by atoms with Crippen LogP contribution in [0.3, 0.4) is 0 Å². The molecular weight excluding hydrogens is 367 g/mol. The van der Waals surface area contributed by atoms with Gasteiger partial charge in [-0.1, -0.05) is 29.8 Å². The number of hydrogen-bond acceptors (Lipinski definition) is 3. The lowest BCUT2D eigenvalue weighted by Gasteiger charge is -2.20. The first-order chi connectivity index (χ1) is 10.1. The molecule has 1 amide bonds. The third-order valence-electron chi connectivity index (χ3n) is 2.69. The summed E-state index contributed by atoms with van der Waals surface area (Å²) in [6, 6.07) is 3.59. The van der Waals surface area contributed by atoms with Crippen LogP contribution in [0.5, 0.6) is 5.75 Å². The topological polar surface area (TPSA) is 61.6 Å². The highest BCUT2D eigenvalue weighted by Gasteiger charge is 2.35. The fraction of sp³-hybridized carbons (Fsp3) is 0.500. The maximum absolute atomic E-state index is 13.0. The molecule has 0 aromatic heterocycles. The van der Waals surface area contributed by atoms with E-state index in [1.165, 1.54) is 12.1 Å².